The first-order chi connectivity index (χ1) is 11.4. The van der Waals surface area contributed by atoms with Crippen molar-refractivity contribution >= 4 is 29.2 Å². The topological polar surface area (TPSA) is 52.6 Å². The number of hydrogen-bond donors (Lipinski definition) is 0. The molecule has 1 heterocycles. The second-order valence-electron chi connectivity index (χ2n) is 5.60. The summed E-state index contributed by atoms with van der Waals surface area (Å²) < 4.78 is 11.1. The van der Waals surface area contributed by atoms with E-state index in [2.05, 4.69) is 0 Å². The second kappa shape index (κ2) is 6.49. The number of benzene rings is 2. The van der Waals surface area contributed by atoms with E-state index in [-0.39, 0.29) is 23.9 Å². The Hall–Kier alpha value is -2.59. The average molecular weight is 343 g/mol. The number of ketones is 2. The molecule has 0 radical (unpaired) electrons. The van der Waals surface area contributed by atoms with Crippen LogP contribution < -0.4 is 9.47 Å². The van der Waals surface area contributed by atoms with Crippen molar-refractivity contribution in [2.45, 2.75) is 13.8 Å². The van der Waals surface area contributed by atoms with Gasteiger partial charge in [-0.3, -0.25) is 9.59 Å². The van der Waals surface area contributed by atoms with E-state index in [1.54, 1.807) is 30.3 Å². The molecule has 0 atom stereocenters. The van der Waals surface area contributed by atoms with Crippen LogP contribution in [0.5, 0.6) is 11.5 Å². The number of carbonyl (C=O) groups excluding carboxylic acids is 2. The highest BCUT2D eigenvalue weighted by atomic mass is 35.5. The summed E-state index contributed by atoms with van der Waals surface area (Å²) in [6.45, 7) is 3.25. The number of fused-ring (bicyclic) bond motifs is 1. The van der Waals surface area contributed by atoms with Gasteiger partial charge in [-0.05, 0) is 49.2 Å². The van der Waals surface area contributed by atoms with Gasteiger partial charge in [0.1, 0.15) is 18.1 Å². The lowest BCUT2D eigenvalue weighted by atomic mass is 10.0. The van der Waals surface area contributed by atoms with Crippen LogP contribution in [0.2, 0.25) is 5.02 Å². The third kappa shape index (κ3) is 3.34. The minimum atomic E-state index is -0.171. The van der Waals surface area contributed by atoms with Crippen LogP contribution in [-0.4, -0.2) is 18.2 Å². The molecule has 0 unspecified atom stereocenters. The molecule has 3 rings (SSSR count). The smallest absolute Gasteiger partial charge is 0.232 e. The summed E-state index contributed by atoms with van der Waals surface area (Å²) in [7, 11) is 0. The van der Waals surface area contributed by atoms with E-state index in [1.165, 1.54) is 6.92 Å². The van der Waals surface area contributed by atoms with Crippen molar-refractivity contribution in [1.29, 1.82) is 0 Å². The standard InChI is InChI=1S/C19H15ClO4/c1-11-7-15(23-10-12(2)21)9-16-18(11)19(22)17(24-16)8-13-3-5-14(20)6-4-13/h3-9H,10H2,1-2H3/b17-8-. The van der Waals surface area contributed by atoms with Gasteiger partial charge in [-0.15, -0.1) is 0 Å². The first-order valence-corrected chi connectivity index (χ1v) is 7.78. The molecule has 0 spiro atoms. The summed E-state index contributed by atoms with van der Waals surface area (Å²) in [5, 5.41) is 0.627. The first-order valence-electron chi connectivity index (χ1n) is 7.41. The van der Waals surface area contributed by atoms with Crippen LogP contribution in [0, 0.1) is 6.92 Å². The summed E-state index contributed by atoms with van der Waals surface area (Å²) in [6, 6.07) is 10.5. The number of rotatable bonds is 4. The molecule has 0 saturated heterocycles. The van der Waals surface area contributed by atoms with Gasteiger partial charge in [0, 0.05) is 11.1 Å². The molecule has 0 N–H and O–H groups in total. The van der Waals surface area contributed by atoms with Gasteiger partial charge in [0.25, 0.3) is 0 Å². The molecule has 0 saturated carbocycles. The molecule has 1 aliphatic heterocycles. The highest BCUT2D eigenvalue weighted by Gasteiger charge is 2.30. The summed E-state index contributed by atoms with van der Waals surface area (Å²) in [5.74, 6) is 0.948. The van der Waals surface area contributed by atoms with Crippen LogP contribution in [-0.2, 0) is 4.79 Å². The quantitative estimate of drug-likeness (QED) is 0.780. The van der Waals surface area contributed by atoms with Gasteiger partial charge >= 0.3 is 0 Å². The largest absolute Gasteiger partial charge is 0.486 e. The summed E-state index contributed by atoms with van der Waals surface area (Å²) >= 11 is 5.86. The average Bonchev–Trinajstić information content (AvgIpc) is 2.84. The summed E-state index contributed by atoms with van der Waals surface area (Å²) in [6.07, 6.45) is 1.67. The number of aryl methyl sites for hydroxylation is 1. The molecule has 0 amide bonds. The van der Waals surface area contributed by atoms with Gasteiger partial charge in [-0.2, -0.15) is 0 Å². The van der Waals surface area contributed by atoms with E-state index < -0.39 is 0 Å². The summed E-state index contributed by atoms with van der Waals surface area (Å²) in [5.41, 5.74) is 2.09. The van der Waals surface area contributed by atoms with Gasteiger partial charge in [0.15, 0.2) is 11.5 Å². The zero-order valence-corrected chi connectivity index (χ0v) is 14.0. The second-order valence-corrected chi connectivity index (χ2v) is 6.03. The molecule has 4 nitrogen and oxygen atoms in total. The fraction of sp³-hybridized carbons (Fsp3) is 0.158. The van der Waals surface area contributed by atoms with E-state index in [4.69, 9.17) is 21.1 Å². The Morgan fingerprint density at radius 2 is 1.96 bits per heavy atom. The number of halogens is 1. The van der Waals surface area contributed by atoms with Crippen LogP contribution in [0.25, 0.3) is 6.08 Å². The molecule has 2 aromatic carbocycles. The maximum absolute atomic E-state index is 12.6. The van der Waals surface area contributed by atoms with E-state index >= 15 is 0 Å². The predicted molar refractivity (Wildman–Crippen MR) is 91.7 cm³/mol. The molecule has 122 valence electrons. The third-order valence-corrected chi connectivity index (χ3v) is 3.81. The van der Waals surface area contributed by atoms with Gasteiger partial charge in [-0.1, -0.05) is 23.7 Å². The fourth-order valence-electron chi connectivity index (χ4n) is 2.46. The van der Waals surface area contributed by atoms with Gasteiger partial charge < -0.3 is 9.47 Å². The number of Topliss-reactive ketones (excluding diaryl/α,β-unsaturated/α-hetero) is 2. The van der Waals surface area contributed by atoms with Crippen LogP contribution in [0.3, 0.4) is 0 Å². The lowest BCUT2D eigenvalue weighted by Crippen LogP contribution is -2.06. The van der Waals surface area contributed by atoms with Crippen molar-refractivity contribution in [3.8, 4) is 11.5 Å². The van der Waals surface area contributed by atoms with Crippen molar-refractivity contribution in [2.75, 3.05) is 6.61 Å². The van der Waals surface area contributed by atoms with Crippen molar-refractivity contribution in [2.24, 2.45) is 0 Å². The zero-order valence-electron chi connectivity index (χ0n) is 13.3. The predicted octanol–water partition coefficient (Wildman–Crippen LogP) is 4.23. The molecule has 0 fully saturated rings. The first kappa shape index (κ1) is 16.3. The van der Waals surface area contributed by atoms with E-state index in [0.29, 0.717) is 22.1 Å². The van der Waals surface area contributed by atoms with Crippen LogP contribution in [0.15, 0.2) is 42.2 Å². The molecular weight excluding hydrogens is 328 g/mol. The van der Waals surface area contributed by atoms with Crippen molar-refractivity contribution in [1.82, 2.24) is 0 Å². The van der Waals surface area contributed by atoms with Crippen LogP contribution in [0.1, 0.15) is 28.4 Å². The summed E-state index contributed by atoms with van der Waals surface area (Å²) in [4.78, 5) is 23.6. The Labute approximate surface area is 144 Å². The molecule has 0 aromatic heterocycles. The van der Waals surface area contributed by atoms with E-state index in [9.17, 15) is 9.59 Å². The molecule has 0 aliphatic carbocycles. The number of allylic oxidation sites excluding steroid dienone is 1. The highest BCUT2D eigenvalue weighted by Crippen LogP contribution is 2.37. The maximum Gasteiger partial charge on any atom is 0.232 e. The lowest BCUT2D eigenvalue weighted by Gasteiger charge is -2.07. The van der Waals surface area contributed by atoms with Gasteiger partial charge in [0.05, 0.1) is 5.56 Å². The third-order valence-electron chi connectivity index (χ3n) is 3.55. The Balaban J connectivity index is 1.90. The number of ether oxygens (including phenoxy) is 2. The normalized spacial score (nSPS) is 14.5. The van der Waals surface area contributed by atoms with Crippen molar-refractivity contribution in [3.63, 3.8) is 0 Å². The Morgan fingerprint density at radius 1 is 1.25 bits per heavy atom. The molecule has 0 bridgehead atoms. The van der Waals surface area contributed by atoms with Crippen LogP contribution in [0.4, 0.5) is 0 Å². The SMILES string of the molecule is CC(=O)COc1cc(C)c2c(c1)O/C(=C\c1ccc(Cl)cc1)C2=O. The number of carbonyl (C=O) groups is 2. The fourth-order valence-corrected chi connectivity index (χ4v) is 2.58. The van der Waals surface area contributed by atoms with Gasteiger partial charge in [-0.25, -0.2) is 0 Å². The van der Waals surface area contributed by atoms with Crippen molar-refractivity contribution < 1.29 is 19.1 Å². The Kier molecular flexibility index (Phi) is 4.40. The molecule has 5 heteroatoms. The maximum atomic E-state index is 12.6. The molecule has 1 aliphatic rings. The zero-order chi connectivity index (χ0) is 17.3. The van der Waals surface area contributed by atoms with Crippen LogP contribution >= 0.6 is 11.6 Å². The number of hydrogen-bond acceptors (Lipinski definition) is 4. The molecule has 2 aromatic rings. The molecule has 24 heavy (non-hydrogen) atoms. The van der Waals surface area contributed by atoms with Gasteiger partial charge in [0.2, 0.25) is 5.78 Å². The van der Waals surface area contributed by atoms with E-state index in [1.807, 2.05) is 19.1 Å². The minimum Gasteiger partial charge on any atom is -0.486 e. The lowest BCUT2D eigenvalue weighted by molar-refractivity contribution is -0.118. The highest BCUT2D eigenvalue weighted by molar-refractivity contribution is 6.30. The minimum absolute atomic E-state index is 0.0142. The van der Waals surface area contributed by atoms with E-state index in [0.717, 1.165) is 11.1 Å². The van der Waals surface area contributed by atoms with Crippen molar-refractivity contribution in [3.05, 3.63) is 63.9 Å². The molecular formula is C19H15ClO4. The Morgan fingerprint density at radius 3 is 2.62 bits per heavy atom. The Bertz CT molecular complexity index is 850. The monoisotopic (exact) mass is 342 g/mol.